The van der Waals surface area contributed by atoms with E-state index in [1.807, 2.05) is 0 Å². The topological polar surface area (TPSA) is 159 Å². The van der Waals surface area contributed by atoms with Gasteiger partial charge < -0.3 is 35.7 Å². The van der Waals surface area contributed by atoms with E-state index in [-0.39, 0.29) is 25.0 Å². The number of hydrogen-bond donors (Lipinski definition) is 7. The van der Waals surface area contributed by atoms with Gasteiger partial charge in [0.05, 0.1) is 19.8 Å². The van der Waals surface area contributed by atoms with E-state index in [2.05, 4.69) is 6.92 Å². The van der Waals surface area contributed by atoms with Crippen LogP contribution in [-0.4, -0.2) is 85.8 Å². The van der Waals surface area contributed by atoms with Crippen LogP contribution in [0.5, 0.6) is 0 Å². The Morgan fingerprint density at radius 3 is 1.70 bits per heavy atom. The molecule has 8 nitrogen and oxygen atoms in total. The molecule has 0 aliphatic rings. The average Bonchev–Trinajstić information content (AvgIpc) is 2.68. The van der Waals surface area contributed by atoms with Crippen molar-refractivity contribution in [2.75, 3.05) is 19.8 Å². The number of carbonyl (C=O) groups is 1. The minimum absolute atomic E-state index is 0.0451. The van der Waals surface area contributed by atoms with Crippen LogP contribution in [0.4, 0.5) is 0 Å². The molecule has 27 heavy (non-hydrogen) atoms. The molecule has 0 radical (unpaired) electrons. The summed E-state index contributed by atoms with van der Waals surface area (Å²) in [6, 6.07) is 0. The second kappa shape index (κ2) is 16.4. The van der Waals surface area contributed by atoms with Crippen LogP contribution >= 0.6 is 0 Å². The van der Waals surface area contributed by atoms with Gasteiger partial charge in [-0.25, -0.2) is 0 Å². The summed E-state index contributed by atoms with van der Waals surface area (Å²) < 4.78 is 0. The predicted octanol–water partition coefficient (Wildman–Crippen LogP) is -0.261. The highest BCUT2D eigenvalue weighted by Crippen LogP contribution is 2.12. The molecular weight excluding hydrogens is 356 g/mol. The zero-order chi connectivity index (χ0) is 21.5. The molecule has 0 saturated heterocycles. The number of rotatable bonds is 14. The molecule has 0 unspecified atom stereocenters. The Hall–Kier alpha value is -0.610. The van der Waals surface area contributed by atoms with E-state index in [1.165, 1.54) is 6.42 Å². The van der Waals surface area contributed by atoms with Gasteiger partial charge in [-0.2, -0.15) is 0 Å². The molecule has 0 bridgehead atoms. The third kappa shape index (κ3) is 14.1. The van der Waals surface area contributed by atoms with Crippen LogP contribution in [0.25, 0.3) is 0 Å². The van der Waals surface area contributed by atoms with Crippen LogP contribution in [0.1, 0.15) is 65.7 Å². The van der Waals surface area contributed by atoms with E-state index < -0.39 is 36.8 Å². The summed E-state index contributed by atoms with van der Waals surface area (Å²) in [6.07, 6.45) is -0.733. The van der Waals surface area contributed by atoms with E-state index in [1.54, 1.807) is 13.8 Å². The summed E-state index contributed by atoms with van der Waals surface area (Å²) in [5.41, 5.74) is -0.306. The van der Waals surface area contributed by atoms with Gasteiger partial charge in [-0.05, 0) is 6.42 Å². The van der Waals surface area contributed by atoms with Gasteiger partial charge in [-0.3, -0.25) is 4.79 Å². The van der Waals surface area contributed by atoms with Crippen molar-refractivity contribution in [1.29, 1.82) is 0 Å². The fourth-order valence-corrected chi connectivity index (χ4v) is 1.99. The molecule has 0 heterocycles. The van der Waals surface area contributed by atoms with Crippen LogP contribution < -0.4 is 0 Å². The maximum absolute atomic E-state index is 11.6. The molecule has 0 aromatic carbocycles. The number of aliphatic hydroxyl groups is 7. The number of ketones is 1. The molecule has 0 spiro atoms. The molecule has 0 aromatic heterocycles. The lowest BCUT2D eigenvalue weighted by atomic mass is 9.97. The Morgan fingerprint density at radius 1 is 0.815 bits per heavy atom. The second-order valence-corrected chi connectivity index (χ2v) is 7.64. The molecule has 4 atom stereocenters. The van der Waals surface area contributed by atoms with Gasteiger partial charge in [0.1, 0.15) is 24.4 Å². The Balaban J connectivity index is 0. The van der Waals surface area contributed by atoms with Crippen LogP contribution in [0.15, 0.2) is 0 Å². The zero-order valence-corrected chi connectivity index (χ0v) is 16.9. The first kappa shape index (κ1) is 28.6. The molecule has 0 aromatic rings. The fraction of sp³-hybridized carbons (Fsp3) is 0.947. The second-order valence-electron chi connectivity index (χ2n) is 7.64. The number of aliphatic hydroxyl groups excluding tert-OH is 7. The molecule has 0 aliphatic carbocycles. The maximum atomic E-state index is 11.6. The average molecular weight is 397 g/mol. The minimum Gasteiger partial charge on any atom is -0.396 e. The van der Waals surface area contributed by atoms with Crippen LogP contribution in [0.3, 0.4) is 0 Å². The van der Waals surface area contributed by atoms with E-state index in [4.69, 9.17) is 20.4 Å². The van der Waals surface area contributed by atoms with Crippen molar-refractivity contribution in [2.24, 2.45) is 5.41 Å². The summed E-state index contributed by atoms with van der Waals surface area (Å²) in [4.78, 5) is 11.6. The van der Waals surface area contributed by atoms with Crippen molar-refractivity contribution < 1.29 is 40.5 Å². The minimum atomic E-state index is -1.79. The molecule has 0 rings (SSSR count). The van der Waals surface area contributed by atoms with Crippen LogP contribution in [0, 0.1) is 5.41 Å². The van der Waals surface area contributed by atoms with Crippen LogP contribution in [-0.2, 0) is 4.79 Å². The van der Waals surface area contributed by atoms with Gasteiger partial charge in [-0.1, -0.05) is 52.9 Å². The van der Waals surface area contributed by atoms with E-state index >= 15 is 0 Å². The third-order valence-electron chi connectivity index (χ3n) is 4.22. The van der Waals surface area contributed by atoms with Gasteiger partial charge in [0.25, 0.3) is 0 Å². The number of hydrogen-bond acceptors (Lipinski definition) is 8. The first-order valence-electron chi connectivity index (χ1n) is 9.65. The number of unbranched alkanes of at least 4 members (excludes halogenated alkanes) is 5. The van der Waals surface area contributed by atoms with E-state index in [0.717, 1.165) is 25.7 Å². The van der Waals surface area contributed by atoms with Crippen molar-refractivity contribution in [3.8, 4) is 0 Å². The summed E-state index contributed by atoms with van der Waals surface area (Å²) in [6.45, 7) is 5.05. The fourth-order valence-electron chi connectivity index (χ4n) is 1.99. The summed E-state index contributed by atoms with van der Waals surface area (Å²) >= 11 is 0. The summed E-state index contributed by atoms with van der Waals surface area (Å²) in [5.74, 6) is -0.558. The molecule has 0 saturated carbocycles. The first-order chi connectivity index (χ1) is 12.6. The summed E-state index contributed by atoms with van der Waals surface area (Å²) in [7, 11) is 0. The molecule has 8 heteroatoms. The highest BCUT2D eigenvalue weighted by Gasteiger charge is 2.33. The largest absolute Gasteiger partial charge is 0.396 e. The van der Waals surface area contributed by atoms with Crippen LogP contribution in [0.2, 0.25) is 0 Å². The Labute approximate surface area is 162 Å². The lowest BCUT2D eigenvalue weighted by molar-refractivity contribution is -0.147. The maximum Gasteiger partial charge on any atom is 0.164 e. The molecular formula is C19H40O8. The molecule has 0 fully saturated rings. The SMILES string of the molecule is CC(C)(CO)CO.CCCCCCCCC(=O)[C@H](O)[C@@H](O)[C@H](O)[C@H](O)CO. The zero-order valence-electron chi connectivity index (χ0n) is 16.9. The first-order valence-corrected chi connectivity index (χ1v) is 9.65. The van der Waals surface area contributed by atoms with Gasteiger partial charge >= 0.3 is 0 Å². The Bertz CT molecular complexity index is 356. The highest BCUT2D eigenvalue weighted by atomic mass is 16.4. The highest BCUT2D eigenvalue weighted by molar-refractivity contribution is 5.83. The molecule has 7 N–H and O–H groups in total. The van der Waals surface area contributed by atoms with Crippen molar-refractivity contribution in [3.63, 3.8) is 0 Å². The Morgan fingerprint density at radius 2 is 1.30 bits per heavy atom. The van der Waals surface area contributed by atoms with E-state index in [0.29, 0.717) is 6.42 Å². The normalized spacial score (nSPS) is 16.1. The molecule has 0 aliphatic heterocycles. The van der Waals surface area contributed by atoms with E-state index in [9.17, 15) is 20.1 Å². The predicted molar refractivity (Wildman–Crippen MR) is 102 cm³/mol. The van der Waals surface area contributed by atoms with Crippen molar-refractivity contribution in [3.05, 3.63) is 0 Å². The van der Waals surface area contributed by atoms with Gasteiger partial charge in [-0.15, -0.1) is 0 Å². The smallest absolute Gasteiger partial charge is 0.164 e. The lowest BCUT2D eigenvalue weighted by Gasteiger charge is -2.24. The van der Waals surface area contributed by atoms with Gasteiger partial charge in [0, 0.05) is 11.8 Å². The van der Waals surface area contributed by atoms with Gasteiger partial charge in [0.2, 0.25) is 0 Å². The third-order valence-corrected chi connectivity index (χ3v) is 4.22. The quantitative estimate of drug-likeness (QED) is 0.198. The van der Waals surface area contributed by atoms with Crippen molar-refractivity contribution in [2.45, 2.75) is 90.1 Å². The monoisotopic (exact) mass is 396 g/mol. The van der Waals surface area contributed by atoms with Gasteiger partial charge in [0.15, 0.2) is 5.78 Å². The summed E-state index contributed by atoms with van der Waals surface area (Å²) in [5, 5.41) is 63.2. The molecule has 164 valence electrons. The number of Topliss-reactive ketones (excluding diaryl/α,β-unsaturated/α-hetero) is 1. The number of carbonyl (C=O) groups excluding carboxylic acids is 1. The molecule has 0 amide bonds. The van der Waals surface area contributed by atoms with Crippen molar-refractivity contribution >= 4 is 5.78 Å². The Kier molecular flexibility index (Phi) is 17.3. The standard InChI is InChI=1S/C14H28O6.C5H12O2/c1-2-3-4-5-6-7-8-10(16)12(18)14(20)13(19)11(17)9-15;1-5(2,3-6)4-7/h11-15,17-20H,2-9H2,1H3;6-7H,3-4H2,1-2H3/t11-,12+,13-,14-;/m1./s1. The lowest BCUT2D eigenvalue weighted by Crippen LogP contribution is -2.48. The van der Waals surface area contributed by atoms with Crippen molar-refractivity contribution in [1.82, 2.24) is 0 Å².